The fourth-order valence-electron chi connectivity index (χ4n) is 2.45. The van der Waals surface area contributed by atoms with E-state index in [0.29, 0.717) is 17.9 Å². The quantitative estimate of drug-likeness (QED) is 0.782. The maximum absolute atomic E-state index is 12.4. The number of halogens is 3. The van der Waals surface area contributed by atoms with E-state index in [2.05, 4.69) is 10.1 Å². The minimum absolute atomic E-state index is 0.353. The summed E-state index contributed by atoms with van der Waals surface area (Å²) in [5.41, 5.74) is 2.40. The molecule has 0 bridgehead atoms. The van der Waals surface area contributed by atoms with Gasteiger partial charge in [-0.2, -0.15) is 0 Å². The Morgan fingerprint density at radius 1 is 1.04 bits per heavy atom. The van der Waals surface area contributed by atoms with Gasteiger partial charge in [0.15, 0.2) is 6.10 Å². The van der Waals surface area contributed by atoms with Crippen LogP contribution in [0.15, 0.2) is 42.5 Å². The van der Waals surface area contributed by atoms with E-state index in [-0.39, 0.29) is 11.7 Å². The minimum atomic E-state index is -4.75. The van der Waals surface area contributed by atoms with Gasteiger partial charge in [-0.25, -0.2) is 0 Å². The Morgan fingerprint density at radius 3 is 2.12 bits per heavy atom. The minimum Gasteiger partial charge on any atom is -0.481 e. The van der Waals surface area contributed by atoms with Crippen LogP contribution in [0.4, 0.5) is 18.9 Å². The van der Waals surface area contributed by atoms with E-state index < -0.39 is 12.5 Å². The topological polar surface area (TPSA) is 47.6 Å². The van der Waals surface area contributed by atoms with Gasteiger partial charge in [-0.3, -0.25) is 4.79 Å². The van der Waals surface area contributed by atoms with Gasteiger partial charge < -0.3 is 14.8 Å². The Hall–Kier alpha value is -2.70. The number of carbonyl (C=O) groups excluding carboxylic acids is 1. The maximum Gasteiger partial charge on any atom is 0.573 e. The highest BCUT2D eigenvalue weighted by atomic mass is 19.4. The third-order valence-electron chi connectivity index (χ3n) is 3.49. The smallest absolute Gasteiger partial charge is 0.481 e. The number of ether oxygens (including phenoxy) is 2. The van der Waals surface area contributed by atoms with Crippen molar-refractivity contribution in [1.82, 2.24) is 0 Å². The van der Waals surface area contributed by atoms with Gasteiger partial charge in [0.05, 0.1) is 0 Å². The Balaban J connectivity index is 2.02. The molecular formula is C19H20F3NO3. The number of hydrogen-bond acceptors (Lipinski definition) is 3. The van der Waals surface area contributed by atoms with E-state index in [1.807, 2.05) is 39.0 Å². The molecule has 140 valence electrons. The average molecular weight is 367 g/mol. The summed E-state index contributed by atoms with van der Waals surface area (Å²) in [7, 11) is 0. The molecule has 0 aromatic heterocycles. The van der Waals surface area contributed by atoms with Crippen LogP contribution in [0, 0.1) is 13.8 Å². The number of aryl methyl sites for hydroxylation is 2. The molecule has 0 saturated carbocycles. The molecule has 26 heavy (non-hydrogen) atoms. The first-order valence-electron chi connectivity index (χ1n) is 8.08. The predicted octanol–water partition coefficient (Wildman–Crippen LogP) is 5.00. The van der Waals surface area contributed by atoms with Crippen molar-refractivity contribution in [2.75, 3.05) is 5.32 Å². The molecule has 0 fully saturated rings. The van der Waals surface area contributed by atoms with Gasteiger partial charge in [0.2, 0.25) is 0 Å². The van der Waals surface area contributed by atoms with Crippen molar-refractivity contribution in [2.24, 2.45) is 0 Å². The molecule has 7 heteroatoms. The lowest BCUT2D eigenvalue weighted by Gasteiger charge is -2.18. The molecule has 0 heterocycles. The molecule has 0 aliphatic rings. The largest absolute Gasteiger partial charge is 0.573 e. The van der Waals surface area contributed by atoms with Crippen LogP contribution in [0.25, 0.3) is 0 Å². The summed E-state index contributed by atoms with van der Waals surface area (Å²) in [6.07, 6.45) is -5.03. The maximum atomic E-state index is 12.4. The zero-order valence-corrected chi connectivity index (χ0v) is 14.7. The molecule has 0 spiro atoms. The number of anilines is 1. The Labute approximate surface area is 149 Å². The van der Waals surface area contributed by atoms with Crippen molar-refractivity contribution in [3.63, 3.8) is 0 Å². The summed E-state index contributed by atoms with van der Waals surface area (Å²) in [5.74, 6) is -0.136. The summed E-state index contributed by atoms with van der Waals surface area (Å²) >= 11 is 0. The zero-order chi connectivity index (χ0) is 19.3. The third kappa shape index (κ3) is 5.98. The summed E-state index contributed by atoms with van der Waals surface area (Å²) in [5, 5.41) is 2.63. The van der Waals surface area contributed by atoms with Crippen LogP contribution in [0.1, 0.15) is 24.5 Å². The lowest BCUT2D eigenvalue weighted by atomic mass is 10.1. The SMILES string of the molecule is CC[C@H](Oc1cc(C)cc(C)c1)C(=O)Nc1ccc(OC(F)(F)F)cc1. The summed E-state index contributed by atoms with van der Waals surface area (Å²) in [4.78, 5) is 12.4. The second kappa shape index (κ2) is 8.12. The van der Waals surface area contributed by atoms with Gasteiger partial charge in [0.25, 0.3) is 5.91 Å². The highest BCUT2D eigenvalue weighted by molar-refractivity contribution is 5.94. The van der Waals surface area contributed by atoms with Gasteiger partial charge in [-0.1, -0.05) is 13.0 Å². The molecule has 0 unspecified atom stereocenters. The van der Waals surface area contributed by atoms with Gasteiger partial charge in [-0.15, -0.1) is 13.2 Å². The van der Waals surface area contributed by atoms with Crippen molar-refractivity contribution in [2.45, 2.75) is 39.7 Å². The van der Waals surface area contributed by atoms with Crippen LogP contribution >= 0.6 is 0 Å². The van der Waals surface area contributed by atoms with Crippen LogP contribution in [-0.2, 0) is 4.79 Å². The number of alkyl halides is 3. The predicted molar refractivity (Wildman–Crippen MR) is 92.4 cm³/mol. The lowest BCUT2D eigenvalue weighted by molar-refractivity contribution is -0.274. The molecule has 1 N–H and O–H groups in total. The molecule has 4 nitrogen and oxygen atoms in total. The van der Waals surface area contributed by atoms with Gasteiger partial charge >= 0.3 is 6.36 Å². The summed E-state index contributed by atoms with van der Waals surface area (Å²) < 4.78 is 46.0. The molecule has 0 aliphatic carbocycles. The first-order valence-corrected chi connectivity index (χ1v) is 8.08. The first kappa shape index (κ1) is 19.6. The molecule has 2 aromatic carbocycles. The number of benzene rings is 2. The lowest BCUT2D eigenvalue weighted by Crippen LogP contribution is -2.32. The molecule has 1 atom stereocenters. The van der Waals surface area contributed by atoms with Crippen LogP contribution in [0.2, 0.25) is 0 Å². The van der Waals surface area contributed by atoms with Gasteiger partial charge in [0, 0.05) is 5.69 Å². The van der Waals surface area contributed by atoms with Gasteiger partial charge in [0.1, 0.15) is 11.5 Å². The van der Waals surface area contributed by atoms with Crippen molar-refractivity contribution in [3.8, 4) is 11.5 Å². The molecule has 2 aromatic rings. The number of amides is 1. The van der Waals surface area contributed by atoms with Crippen molar-refractivity contribution in [3.05, 3.63) is 53.6 Å². The Kier molecular flexibility index (Phi) is 6.13. The number of rotatable bonds is 6. The highest BCUT2D eigenvalue weighted by Gasteiger charge is 2.31. The molecule has 0 saturated heterocycles. The van der Waals surface area contributed by atoms with Crippen LogP contribution in [0.3, 0.4) is 0 Å². The normalized spacial score (nSPS) is 12.4. The summed E-state index contributed by atoms with van der Waals surface area (Å²) in [6, 6.07) is 10.6. The first-order chi connectivity index (χ1) is 12.2. The number of carbonyl (C=O) groups is 1. The van der Waals surface area contributed by atoms with Crippen LogP contribution in [-0.4, -0.2) is 18.4 Å². The van der Waals surface area contributed by atoms with Crippen LogP contribution < -0.4 is 14.8 Å². The number of hydrogen-bond donors (Lipinski definition) is 1. The van der Waals surface area contributed by atoms with E-state index in [1.165, 1.54) is 12.1 Å². The van der Waals surface area contributed by atoms with E-state index >= 15 is 0 Å². The Bertz CT molecular complexity index is 737. The fourth-order valence-corrected chi connectivity index (χ4v) is 2.45. The third-order valence-corrected chi connectivity index (χ3v) is 3.49. The van der Waals surface area contributed by atoms with Crippen molar-refractivity contribution in [1.29, 1.82) is 0 Å². The second-order valence-corrected chi connectivity index (χ2v) is 5.90. The van der Waals surface area contributed by atoms with Gasteiger partial charge in [-0.05, 0) is 67.8 Å². The molecular weight excluding hydrogens is 347 g/mol. The van der Waals surface area contributed by atoms with E-state index in [9.17, 15) is 18.0 Å². The van der Waals surface area contributed by atoms with E-state index in [4.69, 9.17) is 4.74 Å². The van der Waals surface area contributed by atoms with E-state index in [0.717, 1.165) is 23.3 Å². The molecule has 0 radical (unpaired) electrons. The van der Waals surface area contributed by atoms with Crippen LogP contribution in [0.5, 0.6) is 11.5 Å². The second-order valence-electron chi connectivity index (χ2n) is 5.90. The highest BCUT2D eigenvalue weighted by Crippen LogP contribution is 2.24. The fraction of sp³-hybridized carbons (Fsp3) is 0.316. The average Bonchev–Trinajstić information content (AvgIpc) is 2.52. The molecule has 2 rings (SSSR count). The monoisotopic (exact) mass is 367 g/mol. The summed E-state index contributed by atoms with van der Waals surface area (Å²) in [6.45, 7) is 5.68. The molecule has 1 amide bonds. The zero-order valence-electron chi connectivity index (χ0n) is 14.7. The number of nitrogens with one attached hydrogen (secondary N) is 1. The van der Waals surface area contributed by atoms with Crippen molar-refractivity contribution >= 4 is 11.6 Å². The molecule has 0 aliphatic heterocycles. The van der Waals surface area contributed by atoms with E-state index in [1.54, 1.807) is 0 Å². The standard InChI is InChI=1S/C19H20F3NO3/c1-4-17(25-16-10-12(2)9-13(3)11-16)18(24)23-14-5-7-15(8-6-14)26-19(20,21)22/h5-11,17H,4H2,1-3H3,(H,23,24)/t17-/m0/s1. The Morgan fingerprint density at radius 2 is 1.62 bits per heavy atom. The van der Waals surface area contributed by atoms with Crippen molar-refractivity contribution < 1.29 is 27.4 Å².